The van der Waals surface area contributed by atoms with Gasteiger partial charge in [0.25, 0.3) is 11.5 Å². The van der Waals surface area contributed by atoms with Crippen molar-refractivity contribution < 1.29 is 28.5 Å². The Kier molecular flexibility index (Phi) is 16.5. The van der Waals surface area contributed by atoms with Crippen LogP contribution in [-0.2, 0) is 22.5 Å². The summed E-state index contributed by atoms with van der Waals surface area (Å²) in [7, 11) is 1.61. The Morgan fingerprint density at radius 1 is 0.791 bits per heavy atom. The number of hydrogen-bond acceptors (Lipinski definition) is 10. The molecule has 0 saturated carbocycles. The predicted octanol–water partition coefficient (Wildman–Crippen LogP) is 9.34. The maximum atomic E-state index is 13.9. The molecule has 8 rings (SSSR count). The van der Waals surface area contributed by atoms with Crippen LogP contribution in [0.2, 0.25) is 0 Å². The van der Waals surface area contributed by atoms with E-state index < -0.39 is 6.09 Å². The molecule has 1 N–H and O–H groups in total. The third-order valence-corrected chi connectivity index (χ3v) is 13.7. The molecule has 3 saturated heterocycles. The van der Waals surface area contributed by atoms with Gasteiger partial charge in [-0.05, 0) is 112 Å². The van der Waals surface area contributed by atoms with E-state index in [2.05, 4.69) is 27.2 Å². The highest BCUT2D eigenvalue weighted by Crippen LogP contribution is 2.36. The molecule has 13 heteroatoms. The first-order valence-corrected chi connectivity index (χ1v) is 24.6. The van der Waals surface area contributed by atoms with Crippen molar-refractivity contribution in [2.75, 3.05) is 58.4 Å². The molecule has 3 aliphatic heterocycles. The minimum absolute atomic E-state index is 0.00262. The molecule has 356 valence electrons. The smallest absolute Gasteiger partial charge is 0.412 e. The lowest BCUT2D eigenvalue weighted by Gasteiger charge is -2.48. The number of rotatable bonds is 20. The molecule has 3 aliphatic rings. The van der Waals surface area contributed by atoms with Crippen LogP contribution in [0, 0.1) is 6.92 Å². The van der Waals surface area contributed by atoms with Crippen LogP contribution in [0.3, 0.4) is 0 Å². The zero-order valence-corrected chi connectivity index (χ0v) is 39.6. The summed E-state index contributed by atoms with van der Waals surface area (Å²) in [6, 6.07) is 29.9. The fourth-order valence-corrected chi connectivity index (χ4v) is 10.2. The van der Waals surface area contributed by atoms with Crippen molar-refractivity contribution in [3.63, 3.8) is 0 Å². The van der Waals surface area contributed by atoms with Crippen molar-refractivity contribution in [2.24, 2.45) is 0 Å². The van der Waals surface area contributed by atoms with Gasteiger partial charge in [-0.15, -0.1) is 0 Å². The number of hydrogen-bond donors (Lipinski definition) is 1. The lowest BCUT2D eigenvalue weighted by Crippen LogP contribution is -2.54. The average Bonchev–Trinajstić information content (AvgIpc) is 3.33. The summed E-state index contributed by atoms with van der Waals surface area (Å²) in [5.41, 5.74) is 4.18. The number of amides is 2. The van der Waals surface area contributed by atoms with Gasteiger partial charge >= 0.3 is 6.09 Å². The summed E-state index contributed by atoms with van der Waals surface area (Å²) < 4.78 is 24.9. The molecule has 2 unspecified atom stereocenters. The molecule has 2 bridgehead atoms. The number of para-hydroxylation sites is 3. The molecule has 4 heterocycles. The van der Waals surface area contributed by atoms with Gasteiger partial charge in [-0.1, -0.05) is 74.6 Å². The summed E-state index contributed by atoms with van der Waals surface area (Å²) in [6.07, 6.45) is 13.3. The van der Waals surface area contributed by atoms with Gasteiger partial charge in [0.2, 0.25) is 0 Å². The molecule has 5 aromatic rings. The molecule has 2 atom stereocenters. The molecule has 67 heavy (non-hydrogen) atoms. The van der Waals surface area contributed by atoms with E-state index in [0.29, 0.717) is 96.8 Å². The molecule has 0 radical (unpaired) electrons. The Morgan fingerprint density at radius 2 is 1.51 bits per heavy atom. The molecular weight excluding hydrogens is 845 g/mol. The standard InChI is InChI=1S/C54H68N6O7/c1-4-65-50-22-13-12-21-48(50)60-51(55-46-20-11-10-19-45(46)53(60)62)37-57-30-32-58(33-31-57)52(61)38-66-43-26-24-40(25-27-43)16-9-7-5-6-8-14-29-59-41-17-15-18-42(59)36-44(35-41)67-54(63)56-47-34-39(2)23-28-49(47)64-3/h10-13,19-28,34,41-42,44H,4-9,14-18,29-33,35-38H2,1-3H3,(H,56,63). The number of unbranched alkanes of at least 4 members (excludes halogenated alkanes) is 5. The molecular formula is C54H68N6O7. The number of piperidine rings is 2. The molecule has 0 spiro atoms. The van der Waals surface area contributed by atoms with E-state index in [4.69, 9.17) is 23.9 Å². The quantitative estimate of drug-likeness (QED) is 0.0755. The second kappa shape index (κ2) is 23.2. The van der Waals surface area contributed by atoms with Gasteiger partial charge in [-0.3, -0.25) is 29.3 Å². The van der Waals surface area contributed by atoms with E-state index in [1.807, 2.05) is 97.6 Å². The number of piperazine rings is 1. The minimum Gasteiger partial charge on any atom is -0.495 e. The third-order valence-electron chi connectivity index (χ3n) is 13.7. The number of methoxy groups -OCH3 is 1. The van der Waals surface area contributed by atoms with Crippen molar-refractivity contribution in [3.8, 4) is 22.9 Å². The molecule has 4 aromatic carbocycles. The molecule has 3 fully saturated rings. The zero-order chi connectivity index (χ0) is 46.5. The zero-order valence-electron chi connectivity index (χ0n) is 39.6. The first kappa shape index (κ1) is 47.6. The number of carbonyl (C=O) groups excluding carboxylic acids is 2. The molecule has 13 nitrogen and oxygen atoms in total. The lowest BCUT2D eigenvalue weighted by molar-refractivity contribution is -0.135. The van der Waals surface area contributed by atoms with E-state index in [0.717, 1.165) is 37.8 Å². The number of aromatic nitrogens is 2. The largest absolute Gasteiger partial charge is 0.495 e. The number of fused-ring (bicyclic) bond motifs is 3. The van der Waals surface area contributed by atoms with Crippen LogP contribution in [0.25, 0.3) is 16.6 Å². The van der Waals surface area contributed by atoms with Crippen LogP contribution in [0.1, 0.15) is 94.5 Å². The number of nitrogens with zero attached hydrogens (tertiary/aromatic N) is 5. The lowest BCUT2D eigenvalue weighted by atomic mass is 9.82. The van der Waals surface area contributed by atoms with Crippen molar-refractivity contribution in [3.05, 3.63) is 118 Å². The molecule has 1 aromatic heterocycles. The third kappa shape index (κ3) is 12.4. The van der Waals surface area contributed by atoms with Crippen molar-refractivity contribution in [1.29, 1.82) is 0 Å². The summed E-state index contributed by atoms with van der Waals surface area (Å²) in [6.45, 7) is 8.44. The average molecular weight is 913 g/mol. The van der Waals surface area contributed by atoms with Gasteiger partial charge in [0.05, 0.1) is 42.5 Å². The topological polar surface area (TPSA) is 128 Å². The van der Waals surface area contributed by atoms with Crippen LogP contribution >= 0.6 is 0 Å². The summed E-state index contributed by atoms with van der Waals surface area (Å²) in [5.74, 6) is 2.57. The van der Waals surface area contributed by atoms with E-state index in [-0.39, 0.29) is 24.2 Å². The normalized spacial score (nSPS) is 18.7. The first-order chi connectivity index (χ1) is 32.8. The van der Waals surface area contributed by atoms with Crippen molar-refractivity contribution in [1.82, 2.24) is 24.3 Å². The van der Waals surface area contributed by atoms with Gasteiger partial charge in [0.15, 0.2) is 6.61 Å². The highest BCUT2D eigenvalue weighted by atomic mass is 16.6. The number of benzene rings is 4. The fourth-order valence-electron chi connectivity index (χ4n) is 10.2. The van der Waals surface area contributed by atoms with Crippen molar-refractivity contribution in [2.45, 2.75) is 116 Å². The number of nitrogens with one attached hydrogen (secondary N) is 1. The summed E-state index contributed by atoms with van der Waals surface area (Å²) in [4.78, 5) is 51.7. The summed E-state index contributed by atoms with van der Waals surface area (Å²) in [5, 5.41) is 3.46. The van der Waals surface area contributed by atoms with Crippen LogP contribution in [0.5, 0.6) is 17.2 Å². The Balaban J connectivity index is 0.703. The Morgan fingerprint density at radius 3 is 2.27 bits per heavy atom. The van der Waals surface area contributed by atoms with Gasteiger partial charge in [-0.25, -0.2) is 9.78 Å². The van der Waals surface area contributed by atoms with Gasteiger partial charge in [0.1, 0.15) is 29.2 Å². The van der Waals surface area contributed by atoms with Gasteiger partial charge in [0, 0.05) is 51.1 Å². The number of carbonyl (C=O) groups is 2. The van der Waals surface area contributed by atoms with E-state index in [1.54, 1.807) is 11.7 Å². The van der Waals surface area contributed by atoms with E-state index >= 15 is 0 Å². The first-order valence-electron chi connectivity index (χ1n) is 24.6. The SMILES string of the molecule is CCOc1ccccc1-n1c(CN2CCN(C(=O)COc3ccc(CCCCCCCCN4C5CCCC4CC(OC(=O)Nc4cc(C)ccc4OC)C5)cc3)CC2)nc2ccccc2c1=O. The summed E-state index contributed by atoms with van der Waals surface area (Å²) >= 11 is 0. The van der Waals surface area contributed by atoms with Gasteiger partial charge < -0.3 is 23.8 Å². The van der Waals surface area contributed by atoms with E-state index in [1.165, 1.54) is 56.9 Å². The predicted molar refractivity (Wildman–Crippen MR) is 263 cm³/mol. The molecule has 2 amide bonds. The van der Waals surface area contributed by atoms with E-state index in [9.17, 15) is 14.4 Å². The van der Waals surface area contributed by atoms with Crippen LogP contribution in [0.15, 0.2) is 95.8 Å². The maximum Gasteiger partial charge on any atom is 0.412 e. The fraction of sp³-hybridized carbons (Fsp3) is 0.481. The Labute approximate surface area is 395 Å². The second-order valence-corrected chi connectivity index (χ2v) is 18.4. The second-order valence-electron chi connectivity index (χ2n) is 18.4. The number of ether oxygens (including phenoxy) is 4. The minimum atomic E-state index is -0.400. The molecule has 0 aliphatic carbocycles. The van der Waals surface area contributed by atoms with Crippen LogP contribution in [-0.4, -0.2) is 107 Å². The maximum absolute atomic E-state index is 13.9. The Hall–Kier alpha value is -5.92. The van der Waals surface area contributed by atoms with Crippen molar-refractivity contribution >= 4 is 28.6 Å². The highest BCUT2D eigenvalue weighted by molar-refractivity contribution is 5.87. The Bertz CT molecular complexity index is 2470. The van der Waals surface area contributed by atoms with Crippen LogP contribution < -0.4 is 25.1 Å². The monoisotopic (exact) mass is 913 g/mol. The van der Waals surface area contributed by atoms with Crippen LogP contribution in [0.4, 0.5) is 10.5 Å². The van der Waals surface area contributed by atoms with Gasteiger partial charge in [-0.2, -0.15) is 0 Å². The number of aryl methyl sites for hydroxylation is 2. The highest BCUT2D eigenvalue weighted by Gasteiger charge is 2.39. The number of anilines is 1.